The largest absolute Gasteiger partial charge is 0.381 e. The molecule has 0 unspecified atom stereocenters. The second-order valence-electron chi connectivity index (χ2n) is 6.63. The van der Waals surface area contributed by atoms with Crippen LogP contribution in [0.5, 0.6) is 0 Å². The Hall–Kier alpha value is -1.39. The molecule has 0 bridgehead atoms. The summed E-state index contributed by atoms with van der Waals surface area (Å²) in [6.07, 6.45) is 4.21. The number of nitrogens with one attached hydrogen (secondary N) is 1. The van der Waals surface area contributed by atoms with Crippen LogP contribution in [0, 0.1) is 0 Å². The zero-order chi connectivity index (χ0) is 16.5. The van der Waals surface area contributed by atoms with Gasteiger partial charge in [-0.15, -0.1) is 0 Å². The van der Waals surface area contributed by atoms with Crippen molar-refractivity contribution in [3.8, 4) is 0 Å². The van der Waals surface area contributed by atoms with E-state index in [9.17, 15) is 4.79 Å². The fourth-order valence-electron chi connectivity index (χ4n) is 3.20. The van der Waals surface area contributed by atoms with E-state index in [2.05, 4.69) is 41.4 Å². The maximum absolute atomic E-state index is 12.2. The SMILES string of the molecule is CCCCN(C)CC(=O)NCC1(c2ccccc2)CCOCC1. The first kappa shape index (κ1) is 18.0. The minimum Gasteiger partial charge on any atom is -0.381 e. The highest BCUT2D eigenvalue weighted by atomic mass is 16.5. The number of ether oxygens (including phenoxy) is 1. The number of carbonyl (C=O) groups excluding carboxylic acids is 1. The minimum atomic E-state index is 0.0111. The standard InChI is InChI=1S/C19H30N2O2/c1-3-4-12-21(2)15-18(22)20-16-19(10-13-23-14-11-19)17-8-6-5-7-9-17/h5-9H,3-4,10-16H2,1-2H3,(H,20,22). The van der Waals surface area contributed by atoms with Gasteiger partial charge in [0.15, 0.2) is 0 Å². The van der Waals surface area contributed by atoms with Crippen molar-refractivity contribution in [3.05, 3.63) is 35.9 Å². The zero-order valence-electron chi connectivity index (χ0n) is 14.5. The lowest BCUT2D eigenvalue weighted by Gasteiger charge is -2.38. The molecule has 1 heterocycles. The van der Waals surface area contributed by atoms with E-state index in [0.717, 1.165) is 45.4 Å². The van der Waals surface area contributed by atoms with Crippen molar-refractivity contribution >= 4 is 5.91 Å². The van der Waals surface area contributed by atoms with Crippen LogP contribution < -0.4 is 5.32 Å². The summed E-state index contributed by atoms with van der Waals surface area (Å²) in [5.74, 6) is 0.116. The molecular formula is C19H30N2O2. The van der Waals surface area contributed by atoms with Gasteiger partial charge in [0.05, 0.1) is 6.54 Å². The van der Waals surface area contributed by atoms with Crippen molar-refractivity contribution in [2.45, 2.75) is 38.0 Å². The number of hydrogen-bond acceptors (Lipinski definition) is 3. The van der Waals surface area contributed by atoms with Gasteiger partial charge in [0.2, 0.25) is 5.91 Å². The van der Waals surface area contributed by atoms with Crippen LogP contribution in [0.3, 0.4) is 0 Å². The Morgan fingerprint density at radius 3 is 2.61 bits per heavy atom. The van der Waals surface area contributed by atoms with E-state index in [1.165, 1.54) is 5.56 Å². The van der Waals surface area contributed by atoms with Gasteiger partial charge in [0.1, 0.15) is 0 Å². The quantitative estimate of drug-likeness (QED) is 0.801. The van der Waals surface area contributed by atoms with Crippen LogP contribution in [0.1, 0.15) is 38.2 Å². The van der Waals surface area contributed by atoms with E-state index in [1.807, 2.05) is 13.1 Å². The second-order valence-corrected chi connectivity index (χ2v) is 6.63. The van der Waals surface area contributed by atoms with E-state index >= 15 is 0 Å². The molecule has 0 atom stereocenters. The van der Waals surface area contributed by atoms with Gasteiger partial charge >= 0.3 is 0 Å². The minimum absolute atomic E-state index is 0.0111. The molecule has 2 rings (SSSR count). The maximum Gasteiger partial charge on any atom is 0.234 e. The fraction of sp³-hybridized carbons (Fsp3) is 0.632. The lowest BCUT2D eigenvalue weighted by molar-refractivity contribution is -0.122. The Morgan fingerprint density at radius 2 is 1.96 bits per heavy atom. The summed E-state index contributed by atoms with van der Waals surface area (Å²) in [6, 6.07) is 10.5. The summed E-state index contributed by atoms with van der Waals surface area (Å²) in [4.78, 5) is 14.3. The molecule has 0 spiro atoms. The molecule has 1 aromatic carbocycles. The molecule has 0 saturated carbocycles. The van der Waals surface area contributed by atoms with E-state index in [4.69, 9.17) is 4.74 Å². The maximum atomic E-state index is 12.2. The van der Waals surface area contributed by atoms with Crippen molar-refractivity contribution in [1.82, 2.24) is 10.2 Å². The third kappa shape index (κ3) is 5.33. The van der Waals surface area contributed by atoms with Gasteiger partial charge in [-0.1, -0.05) is 43.7 Å². The van der Waals surface area contributed by atoms with Crippen LogP contribution in [0.2, 0.25) is 0 Å². The molecule has 23 heavy (non-hydrogen) atoms. The van der Waals surface area contributed by atoms with E-state index in [0.29, 0.717) is 13.1 Å². The Bertz CT molecular complexity index is 470. The molecule has 4 heteroatoms. The summed E-state index contributed by atoms with van der Waals surface area (Å²) in [6.45, 7) is 5.84. The molecule has 128 valence electrons. The van der Waals surface area contributed by atoms with Gasteiger partial charge in [-0.05, 0) is 38.4 Å². The zero-order valence-corrected chi connectivity index (χ0v) is 14.5. The third-order valence-electron chi connectivity index (χ3n) is 4.77. The van der Waals surface area contributed by atoms with E-state index in [1.54, 1.807) is 0 Å². The molecular weight excluding hydrogens is 288 g/mol. The van der Waals surface area contributed by atoms with Crippen molar-refractivity contribution in [3.63, 3.8) is 0 Å². The molecule has 4 nitrogen and oxygen atoms in total. The van der Waals surface area contributed by atoms with Crippen molar-refractivity contribution < 1.29 is 9.53 Å². The highest BCUT2D eigenvalue weighted by Gasteiger charge is 2.34. The summed E-state index contributed by atoms with van der Waals surface area (Å²) in [7, 11) is 2.01. The van der Waals surface area contributed by atoms with E-state index < -0.39 is 0 Å². The summed E-state index contributed by atoms with van der Waals surface area (Å²) < 4.78 is 5.54. The first-order chi connectivity index (χ1) is 11.2. The summed E-state index contributed by atoms with van der Waals surface area (Å²) >= 11 is 0. The fourth-order valence-corrected chi connectivity index (χ4v) is 3.20. The van der Waals surface area contributed by atoms with Crippen molar-refractivity contribution in [2.24, 2.45) is 0 Å². The average molecular weight is 318 g/mol. The third-order valence-corrected chi connectivity index (χ3v) is 4.77. The molecule has 1 aliphatic heterocycles. The number of rotatable bonds is 8. The number of hydrogen-bond donors (Lipinski definition) is 1. The second kappa shape index (κ2) is 9.04. The van der Waals surface area contributed by atoms with Crippen LogP contribution in [0.25, 0.3) is 0 Å². The van der Waals surface area contributed by atoms with Crippen molar-refractivity contribution in [1.29, 1.82) is 0 Å². The van der Waals surface area contributed by atoms with Crippen LogP contribution in [0.15, 0.2) is 30.3 Å². The highest BCUT2D eigenvalue weighted by molar-refractivity contribution is 5.78. The lowest BCUT2D eigenvalue weighted by Crippen LogP contribution is -2.46. The Balaban J connectivity index is 1.93. The summed E-state index contributed by atoms with van der Waals surface area (Å²) in [5, 5.41) is 3.16. The van der Waals surface area contributed by atoms with Crippen LogP contribution in [0.4, 0.5) is 0 Å². The number of amides is 1. The molecule has 1 N–H and O–H groups in total. The van der Waals surface area contributed by atoms with Crippen LogP contribution in [-0.2, 0) is 14.9 Å². The van der Waals surface area contributed by atoms with Gasteiger partial charge in [0.25, 0.3) is 0 Å². The van der Waals surface area contributed by atoms with Gasteiger partial charge in [-0.25, -0.2) is 0 Å². The number of likely N-dealkylation sites (N-methyl/N-ethyl adjacent to an activating group) is 1. The molecule has 1 aromatic rings. The Labute approximate surface area is 140 Å². The molecule has 0 aliphatic carbocycles. The van der Waals surface area contributed by atoms with Crippen molar-refractivity contribution in [2.75, 3.05) is 39.9 Å². The predicted molar refractivity (Wildman–Crippen MR) is 93.6 cm³/mol. The number of nitrogens with zero attached hydrogens (tertiary/aromatic N) is 1. The number of carbonyl (C=O) groups is 1. The van der Waals surface area contributed by atoms with Gasteiger partial charge in [0, 0.05) is 25.2 Å². The Kier molecular flexibility index (Phi) is 7.06. The lowest BCUT2D eigenvalue weighted by atomic mass is 9.74. The summed E-state index contributed by atoms with van der Waals surface area (Å²) in [5.41, 5.74) is 1.32. The first-order valence-corrected chi connectivity index (χ1v) is 8.75. The smallest absolute Gasteiger partial charge is 0.234 e. The van der Waals surface area contributed by atoms with E-state index in [-0.39, 0.29) is 11.3 Å². The molecule has 1 aliphatic rings. The van der Waals surface area contributed by atoms with Gasteiger partial charge in [-0.2, -0.15) is 0 Å². The topological polar surface area (TPSA) is 41.6 Å². The predicted octanol–water partition coefficient (Wildman–Crippen LogP) is 2.58. The molecule has 1 fully saturated rings. The Morgan fingerprint density at radius 1 is 1.26 bits per heavy atom. The molecule has 0 radical (unpaired) electrons. The van der Waals surface area contributed by atoms with Crippen LogP contribution in [-0.4, -0.2) is 50.7 Å². The van der Waals surface area contributed by atoms with Gasteiger partial charge < -0.3 is 10.1 Å². The molecule has 1 saturated heterocycles. The monoisotopic (exact) mass is 318 g/mol. The van der Waals surface area contributed by atoms with Crippen LogP contribution >= 0.6 is 0 Å². The average Bonchev–Trinajstić information content (AvgIpc) is 2.60. The number of benzene rings is 1. The molecule has 1 amide bonds. The van der Waals surface area contributed by atoms with Gasteiger partial charge in [-0.3, -0.25) is 9.69 Å². The molecule has 0 aromatic heterocycles. The highest BCUT2D eigenvalue weighted by Crippen LogP contribution is 2.34. The first-order valence-electron chi connectivity index (χ1n) is 8.75. The number of unbranched alkanes of at least 4 members (excludes halogenated alkanes) is 1. The normalized spacial score (nSPS) is 17.2.